The molecule has 0 aromatic carbocycles. The average Bonchev–Trinajstić information content (AvgIpc) is 2.74. The van der Waals surface area contributed by atoms with Crippen molar-refractivity contribution in [2.75, 3.05) is 6.61 Å². The number of ether oxygens (including phenoxy) is 1. The standard InChI is InChI=1S/C15H22O2/c1-10-7-11-8-14(2,3)12(10)9-15(11,16)13-5-4-6-17-13/h5,7,11-12,16H,4,6,8-9H2,1-3H3. The minimum absolute atomic E-state index is 0.229. The molecule has 2 heteroatoms. The van der Waals surface area contributed by atoms with Gasteiger partial charge in [0.2, 0.25) is 0 Å². The third kappa shape index (κ3) is 1.50. The van der Waals surface area contributed by atoms with Gasteiger partial charge in [0, 0.05) is 12.3 Å². The maximum Gasteiger partial charge on any atom is 0.128 e. The summed E-state index contributed by atoms with van der Waals surface area (Å²) in [5, 5.41) is 11.0. The van der Waals surface area contributed by atoms with E-state index >= 15 is 0 Å². The van der Waals surface area contributed by atoms with Crippen molar-refractivity contribution >= 4 is 0 Å². The molecule has 0 radical (unpaired) electrons. The molecule has 1 N–H and O–H groups in total. The number of allylic oxidation sites excluding steroid dienone is 1. The predicted molar refractivity (Wildman–Crippen MR) is 67.4 cm³/mol. The Morgan fingerprint density at radius 3 is 2.65 bits per heavy atom. The highest BCUT2D eigenvalue weighted by molar-refractivity contribution is 5.31. The Balaban J connectivity index is 1.98. The van der Waals surface area contributed by atoms with E-state index in [4.69, 9.17) is 4.74 Å². The van der Waals surface area contributed by atoms with E-state index in [9.17, 15) is 5.11 Å². The highest BCUT2D eigenvalue weighted by Crippen LogP contribution is 2.57. The summed E-state index contributed by atoms with van der Waals surface area (Å²) in [6.45, 7) is 7.60. The van der Waals surface area contributed by atoms with Crippen LogP contribution < -0.4 is 0 Å². The molecule has 0 spiro atoms. The lowest BCUT2D eigenvalue weighted by Gasteiger charge is -2.54. The van der Waals surface area contributed by atoms with Gasteiger partial charge in [0.05, 0.1) is 6.61 Å². The van der Waals surface area contributed by atoms with Gasteiger partial charge >= 0.3 is 0 Å². The van der Waals surface area contributed by atoms with E-state index in [0.717, 1.165) is 31.6 Å². The topological polar surface area (TPSA) is 29.5 Å². The van der Waals surface area contributed by atoms with Crippen LogP contribution in [0.2, 0.25) is 0 Å². The van der Waals surface area contributed by atoms with Gasteiger partial charge in [-0.05, 0) is 37.2 Å². The van der Waals surface area contributed by atoms with Crippen LogP contribution in [0.5, 0.6) is 0 Å². The van der Waals surface area contributed by atoms with Crippen molar-refractivity contribution in [3.63, 3.8) is 0 Å². The molecule has 1 heterocycles. The number of fused-ring (bicyclic) bond motifs is 2. The van der Waals surface area contributed by atoms with Crippen LogP contribution in [0.15, 0.2) is 23.5 Å². The Kier molecular flexibility index (Phi) is 2.25. The smallest absolute Gasteiger partial charge is 0.128 e. The Bertz CT molecular complexity index is 405. The molecule has 0 aromatic heterocycles. The fourth-order valence-corrected chi connectivity index (χ4v) is 4.03. The Morgan fingerprint density at radius 1 is 1.35 bits per heavy atom. The van der Waals surface area contributed by atoms with Crippen LogP contribution in [0.3, 0.4) is 0 Å². The molecular weight excluding hydrogens is 212 g/mol. The third-order valence-corrected chi connectivity index (χ3v) is 4.96. The second-order valence-electron chi connectivity index (χ2n) is 6.60. The zero-order valence-corrected chi connectivity index (χ0v) is 11.0. The van der Waals surface area contributed by atoms with Crippen LogP contribution in [-0.4, -0.2) is 17.3 Å². The first-order valence-electron chi connectivity index (χ1n) is 6.67. The summed E-state index contributed by atoms with van der Waals surface area (Å²) in [5.74, 6) is 1.56. The highest BCUT2D eigenvalue weighted by Gasteiger charge is 2.55. The van der Waals surface area contributed by atoms with Crippen molar-refractivity contribution in [2.24, 2.45) is 17.3 Å². The van der Waals surface area contributed by atoms with E-state index in [1.165, 1.54) is 5.57 Å². The van der Waals surface area contributed by atoms with Crippen molar-refractivity contribution < 1.29 is 9.84 Å². The molecule has 0 amide bonds. The summed E-state index contributed by atoms with van der Waals surface area (Å²) in [5.41, 5.74) is 1.04. The first kappa shape index (κ1) is 11.3. The molecule has 1 fully saturated rings. The monoisotopic (exact) mass is 234 g/mol. The van der Waals surface area contributed by atoms with Crippen molar-refractivity contribution in [3.8, 4) is 0 Å². The molecule has 3 atom stereocenters. The van der Waals surface area contributed by atoms with Gasteiger partial charge in [-0.2, -0.15) is 0 Å². The lowest BCUT2D eigenvalue weighted by Crippen LogP contribution is -2.53. The Hall–Kier alpha value is -0.760. The summed E-state index contributed by atoms with van der Waals surface area (Å²) in [4.78, 5) is 0. The Morgan fingerprint density at radius 2 is 2.12 bits per heavy atom. The SMILES string of the molecule is CC1=CC2CC(C)(C)C1CC2(O)C1=CCCO1. The Labute approximate surface area is 103 Å². The zero-order chi connectivity index (χ0) is 12.3. The first-order chi connectivity index (χ1) is 7.93. The maximum atomic E-state index is 11.0. The normalized spacial score (nSPS) is 43.1. The molecule has 4 rings (SSSR count). The van der Waals surface area contributed by atoms with E-state index in [0.29, 0.717) is 11.3 Å². The van der Waals surface area contributed by atoms with Gasteiger partial charge in [-0.25, -0.2) is 0 Å². The largest absolute Gasteiger partial charge is 0.495 e. The quantitative estimate of drug-likeness (QED) is 0.707. The second-order valence-corrected chi connectivity index (χ2v) is 6.60. The van der Waals surface area contributed by atoms with Crippen LogP contribution in [0.1, 0.15) is 40.0 Å². The van der Waals surface area contributed by atoms with Gasteiger partial charge in [0.25, 0.3) is 0 Å². The van der Waals surface area contributed by atoms with Gasteiger partial charge in [0.15, 0.2) is 0 Å². The molecule has 0 aromatic rings. The molecule has 3 aliphatic carbocycles. The van der Waals surface area contributed by atoms with Crippen molar-refractivity contribution in [1.82, 2.24) is 0 Å². The summed E-state index contributed by atoms with van der Waals surface area (Å²) in [6, 6.07) is 0. The summed E-state index contributed by atoms with van der Waals surface area (Å²) in [6.07, 6.45) is 7.20. The molecule has 1 aliphatic heterocycles. The third-order valence-electron chi connectivity index (χ3n) is 4.96. The molecule has 1 saturated carbocycles. The van der Waals surface area contributed by atoms with Crippen LogP contribution in [0.25, 0.3) is 0 Å². The van der Waals surface area contributed by atoms with Crippen molar-refractivity contribution in [2.45, 2.75) is 45.6 Å². The van der Waals surface area contributed by atoms with E-state index < -0.39 is 5.60 Å². The van der Waals surface area contributed by atoms with Gasteiger partial charge in [-0.15, -0.1) is 0 Å². The number of aliphatic hydroxyl groups is 1. The fourth-order valence-electron chi connectivity index (χ4n) is 4.03. The van der Waals surface area contributed by atoms with Crippen LogP contribution in [0, 0.1) is 17.3 Å². The van der Waals surface area contributed by atoms with Crippen LogP contribution in [-0.2, 0) is 4.74 Å². The lowest BCUT2D eigenvalue weighted by atomic mass is 9.52. The van der Waals surface area contributed by atoms with Gasteiger partial charge in [0.1, 0.15) is 11.4 Å². The molecular formula is C15H22O2. The average molecular weight is 234 g/mol. The van der Waals surface area contributed by atoms with Gasteiger partial charge in [-0.1, -0.05) is 25.5 Å². The van der Waals surface area contributed by atoms with Crippen molar-refractivity contribution in [3.05, 3.63) is 23.5 Å². The molecule has 4 aliphatic rings. The summed E-state index contributed by atoms with van der Waals surface area (Å²) < 4.78 is 5.63. The van der Waals surface area contributed by atoms with E-state index in [1.54, 1.807) is 0 Å². The minimum atomic E-state index is -0.726. The number of rotatable bonds is 1. The molecule has 17 heavy (non-hydrogen) atoms. The first-order valence-corrected chi connectivity index (χ1v) is 6.67. The van der Waals surface area contributed by atoms with E-state index in [2.05, 4.69) is 32.9 Å². The summed E-state index contributed by atoms with van der Waals surface area (Å²) in [7, 11) is 0. The minimum Gasteiger partial charge on any atom is -0.495 e. The number of hydrogen-bond donors (Lipinski definition) is 1. The molecule has 3 unspecified atom stereocenters. The van der Waals surface area contributed by atoms with Gasteiger partial charge in [-0.3, -0.25) is 0 Å². The molecule has 2 nitrogen and oxygen atoms in total. The maximum absolute atomic E-state index is 11.0. The van der Waals surface area contributed by atoms with Gasteiger partial charge < -0.3 is 9.84 Å². The lowest BCUT2D eigenvalue weighted by molar-refractivity contribution is -0.0935. The van der Waals surface area contributed by atoms with Crippen LogP contribution in [0.4, 0.5) is 0 Å². The van der Waals surface area contributed by atoms with E-state index in [1.807, 2.05) is 0 Å². The molecule has 0 saturated heterocycles. The van der Waals surface area contributed by atoms with Crippen LogP contribution >= 0.6 is 0 Å². The highest BCUT2D eigenvalue weighted by atomic mass is 16.5. The predicted octanol–water partition coefficient (Wildman–Crippen LogP) is 3.03. The second kappa shape index (κ2) is 3.38. The molecule has 94 valence electrons. The summed E-state index contributed by atoms with van der Waals surface area (Å²) >= 11 is 0. The fraction of sp³-hybridized carbons (Fsp3) is 0.733. The molecule has 2 bridgehead atoms. The number of hydrogen-bond acceptors (Lipinski definition) is 2. The zero-order valence-electron chi connectivity index (χ0n) is 11.0. The van der Waals surface area contributed by atoms with E-state index in [-0.39, 0.29) is 5.92 Å². The van der Waals surface area contributed by atoms with Crippen molar-refractivity contribution in [1.29, 1.82) is 0 Å².